The fourth-order valence-electron chi connectivity index (χ4n) is 2.47. The van der Waals surface area contributed by atoms with E-state index in [1.165, 1.54) is 0 Å². The van der Waals surface area contributed by atoms with Crippen molar-refractivity contribution in [2.45, 2.75) is 11.7 Å². The molecule has 0 saturated carbocycles. The van der Waals surface area contributed by atoms with Gasteiger partial charge in [-0.3, -0.25) is 4.79 Å². The van der Waals surface area contributed by atoms with Crippen LogP contribution in [0.5, 0.6) is 0 Å². The first kappa shape index (κ1) is 11.9. The Morgan fingerprint density at radius 1 is 1.00 bits per heavy atom. The van der Waals surface area contributed by atoms with Crippen LogP contribution in [0.2, 0.25) is 0 Å². The van der Waals surface area contributed by atoms with E-state index in [2.05, 4.69) is 5.32 Å². The SMILES string of the molecule is O=C1Nc2ccccc2[C@@](O)(c2ccccc2)[C@H]1O. The predicted molar refractivity (Wildman–Crippen MR) is 70.5 cm³/mol. The van der Waals surface area contributed by atoms with Crippen LogP contribution in [0.25, 0.3) is 0 Å². The number of anilines is 1. The molecule has 0 aromatic heterocycles. The number of carbonyl (C=O) groups excluding carboxylic acids is 1. The quantitative estimate of drug-likeness (QED) is 0.718. The average molecular weight is 255 g/mol. The van der Waals surface area contributed by atoms with Crippen molar-refractivity contribution in [2.24, 2.45) is 0 Å². The highest BCUT2D eigenvalue weighted by atomic mass is 16.4. The molecular formula is C15H13NO3. The molecule has 0 spiro atoms. The molecule has 19 heavy (non-hydrogen) atoms. The lowest BCUT2D eigenvalue weighted by Gasteiger charge is -2.38. The number of aliphatic hydroxyl groups excluding tert-OH is 1. The monoisotopic (exact) mass is 255 g/mol. The number of nitrogens with one attached hydrogen (secondary N) is 1. The van der Waals surface area contributed by atoms with E-state index >= 15 is 0 Å². The van der Waals surface area contributed by atoms with E-state index in [9.17, 15) is 15.0 Å². The number of fused-ring (bicyclic) bond motifs is 1. The molecule has 4 nitrogen and oxygen atoms in total. The van der Waals surface area contributed by atoms with Crippen LogP contribution < -0.4 is 5.32 Å². The topological polar surface area (TPSA) is 69.6 Å². The number of amides is 1. The van der Waals surface area contributed by atoms with E-state index in [0.29, 0.717) is 16.8 Å². The fraction of sp³-hybridized carbons (Fsp3) is 0.133. The first-order valence-corrected chi connectivity index (χ1v) is 6.00. The van der Waals surface area contributed by atoms with Gasteiger partial charge in [-0.25, -0.2) is 0 Å². The highest BCUT2D eigenvalue weighted by molar-refractivity contribution is 5.99. The lowest BCUT2D eigenvalue weighted by molar-refractivity contribution is -0.138. The first-order chi connectivity index (χ1) is 9.14. The zero-order chi connectivity index (χ0) is 13.5. The van der Waals surface area contributed by atoms with Gasteiger partial charge in [0.2, 0.25) is 0 Å². The summed E-state index contributed by atoms with van der Waals surface area (Å²) in [7, 11) is 0. The van der Waals surface area contributed by atoms with Crippen LogP contribution in [-0.4, -0.2) is 22.2 Å². The van der Waals surface area contributed by atoms with Crippen molar-refractivity contribution in [3.05, 3.63) is 65.7 Å². The number of para-hydroxylation sites is 1. The average Bonchev–Trinajstić information content (AvgIpc) is 2.46. The Hall–Kier alpha value is -2.17. The van der Waals surface area contributed by atoms with Gasteiger partial charge in [0.15, 0.2) is 11.7 Å². The number of aliphatic hydroxyl groups is 2. The van der Waals surface area contributed by atoms with Crippen LogP contribution in [0.1, 0.15) is 11.1 Å². The van der Waals surface area contributed by atoms with Crippen LogP contribution in [0, 0.1) is 0 Å². The van der Waals surface area contributed by atoms with Crippen molar-refractivity contribution >= 4 is 11.6 Å². The Bertz CT molecular complexity index is 626. The maximum absolute atomic E-state index is 11.8. The zero-order valence-electron chi connectivity index (χ0n) is 10.1. The zero-order valence-corrected chi connectivity index (χ0v) is 10.1. The second-order valence-corrected chi connectivity index (χ2v) is 4.57. The number of carbonyl (C=O) groups is 1. The fourth-order valence-corrected chi connectivity index (χ4v) is 2.47. The van der Waals surface area contributed by atoms with E-state index in [1.807, 2.05) is 6.07 Å². The number of hydrogen-bond donors (Lipinski definition) is 3. The third-order valence-corrected chi connectivity index (χ3v) is 3.45. The van der Waals surface area contributed by atoms with Crippen molar-refractivity contribution in [3.8, 4) is 0 Å². The van der Waals surface area contributed by atoms with Gasteiger partial charge >= 0.3 is 0 Å². The van der Waals surface area contributed by atoms with Crippen LogP contribution in [0.3, 0.4) is 0 Å². The summed E-state index contributed by atoms with van der Waals surface area (Å²) >= 11 is 0. The van der Waals surface area contributed by atoms with E-state index in [0.717, 1.165) is 0 Å². The van der Waals surface area contributed by atoms with E-state index in [4.69, 9.17) is 0 Å². The molecule has 0 radical (unpaired) electrons. The predicted octanol–water partition coefficient (Wildman–Crippen LogP) is 1.24. The summed E-state index contributed by atoms with van der Waals surface area (Å²) in [4.78, 5) is 11.8. The summed E-state index contributed by atoms with van der Waals surface area (Å²) < 4.78 is 0. The molecule has 4 heteroatoms. The third-order valence-electron chi connectivity index (χ3n) is 3.45. The molecule has 0 unspecified atom stereocenters. The van der Waals surface area contributed by atoms with E-state index in [-0.39, 0.29) is 0 Å². The van der Waals surface area contributed by atoms with Gasteiger partial charge in [-0.15, -0.1) is 0 Å². The van der Waals surface area contributed by atoms with E-state index in [1.54, 1.807) is 48.5 Å². The number of hydrogen-bond acceptors (Lipinski definition) is 3. The molecule has 0 saturated heterocycles. The molecule has 0 bridgehead atoms. The van der Waals surface area contributed by atoms with Crippen molar-refractivity contribution in [2.75, 3.05) is 5.32 Å². The van der Waals surface area contributed by atoms with Crippen molar-refractivity contribution in [1.29, 1.82) is 0 Å². The first-order valence-electron chi connectivity index (χ1n) is 6.00. The highest BCUT2D eigenvalue weighted by Gasteiger charge is 2.48. The maximum Gasteiger partial charge on any atom is 0.256 e. The molecule has 2 aromatic rings. The molecule has 2 aromatic carbocycles. The molecule has 96 valence electrons. The molecule has 3 rings (SSSR count). The summed E-state index contributed by atoms with van der Waals surface area (Å²) in [6.45, 7) is 0. The van der Waals surface area contributed by atoms with Gasteiger partial charge in [0.25, 0.3) is 5.91 Å². The van der Waals surface area contributed by atoms with Gasteiger partial charge in [-0.05, 0) is 11.6 Å². The van der Waals surface area contributed by atoms with Crippen molar-refractivity contribution in [1.82, 2.24) is 0 Å². The molecule has 1 aliphatic heterocycles. The van der Waals surface area contributed by atoms with Crippen molar-refractivity contribution in [3.63, 3.8) is 0 Å². The van der Waals surface area contributed by atoms with Crippen LogP contribution >= 0.6 is 0 Å². The standard InChI is InChI=1S/C15H13NO3/c17-13-14(18)16-12-9-5-4-8-11(12)15(13,19)10-6-2-1-3-7-10/h1-9,13,17,19H,(H,16,18)/t13-,15-/m0/s1. The minimum Gasteiger partial charge on any atom is -0.380 e. The maximum atomic E-state index is 11.8. The normalized spacial score (nSPS) is 25.6. The van der Waals surface area contributed by atoms with Crippen molar-refractivity contribution < 1.29 is 15.0 Å². The minimum absolute atomic E-state index is 0.491. The summed E-state index contributed by atoms with van der Waals surface area (Å²) in [5.41, 5.74) is -0.220. The smallest absolute Gasteiger partial charge is 0.256 e. The van der Waals surface area contributed by atoms with Gasteiger partial charge in [0.1, 0.15) is 0 Å². The Kier molecular flexibility index (Phi) is 2.62. The van der Waals surface area contributed by atoms with Gasteiger partial charge in [-0.2, -0.15) is 0 Å². The third kappa shape index (κ3) is 1.65. The molecule has 1 amide bonds. The Morgan fingerprint density at radius 2 is 1.63 bits per heavy atom. The number of benzene rings is 2. The molecule has 0 fully saturated rings. The second kappa shape index (κ2) is 4.19. The molecule has 1 aliphatic rings. The Balaban J connectivity index is 2.26. The van der Waals surface area contributed by atoms with Gasteiger partial charge < -0.3 is 15.5 Å². The van der Waals surface area contributed by atoms with Gasteiger partial charge in [0.05, 0.1) is 0 Å². The molecular weight excluding hydrogens is 242 g/mol. The van der Waals surface area contributed by atoms with Gasteiger partial charge in [-0.1, -0.05) is 48.5 Å². The lowest BCUT2D eigenvalue weighted by atomic mass is 9.78. The van der Waals surface area contributed by atoms with Crippen LogP contribution in [0.15, 0.2) is 54.6 Å². The van der Waals surface area contributed by atoms with Crippen LogP contribution in [-0.2, 0) is 10.4 Å². The minimum atomic E-state index is -1.72. The largest absolute Gasteiger partial charge is 0.380 e. The highest BCUT2D eigenvalue weighted by Crippen LogP contribution is 2.40. The molecule has 3 N–H and O–H groups in total. The number of rotatable bonds is 1. The summed E-state index contributed by atoms with van der Waals surface area (Å²) in [5.74, 6) is -0.606. The molecule has 0 aliphatic carbocycles. The Morgan fingerprint density at radius 3 is 2.37 bits per heavy atom. The molecule has 1 heterocycles. The van der Waals surface area contributed by atoms with E-state index < -0.39 is 17.6 Å². The second-order valence-electron chi connectivity index (χ2n) is 4.57. The summed E-state index contributed by atoms with van der Waals surface area (Å²) in [5, 5.41) is 23.6. The van der Waals surface area contributed by atoms with Crippen LogP contribution in [0.4, 0.5) is 5.69 Å². The summed E-state index contributed by atoms with van der Waals surface area (Å²) in [6.07, 6.45) is -1.54. The van der Waals surface area contributed by atoms with Gasteiger partial charge in [0, 0.05) is 11.3 Å². The summed E-state index contributed by atoms with van der Waals surface area (Å²) in [6, 6.07) is 15.6. The Labute approximate surface area is 110 Å². The lowest BCUT2D eigenvalue weighted by Crippen LogP contribution is -2.51. The molecule has 2 atom stereocenters.